The second-order valence-electron chi connectivity index (χ2n) is 8.45. The van der Waals surface area contributed by atoms with Gasteiger partial charge in [0.1, 0.15) is 5.54 Å². The van der Waals surface area contributed by atoms with Crippen molar-refractivity contribution in [3.05, 3.63) is 23.8 Å². The number of ether oxygens (including phenoxy) is 5. The van der Waals surface area contributed by atoms with Crippen LogP contribution in [0.5, 0.6) is 11.5 Å². The van der Waals surface area contributed by atoms with Gasteiger partial charge < -0.3 is 29.4 Å². The molecule has 0 aromatic heterocycles. The Labute approximate surface area is 200 Å². The summed E-state index contributed by atoms with van der Waals surface area (Å²) in [5.41, 5.74) is 5.29. The van der Waals surface area contributed by atoms with Gasteiger partial charge in [-0.3, -0.25) is 14.4 Å². The van der Waals surface area contributed by atoms with E-state index in [0.29, 0.717) is 12.0 Å². The van der Waals surface area contributed by atoms with Gasteiger partial charge in [-0.05, 0) is 24.1 Å². The third-order valence-electron chi connectivity index (χ3n) is 4.68. The average Bonchev–Trinajstić information content (AvgIpc) is 2.78. The van der Waals surface area contributed by atoms with E-state index in [1.807, 2.05) is 6.92 Å². The number of benzene rings is 1. The van der Waals surface area contributed by atoms with E-state index in [1.165, 1.54) is 19.2 Å². The number of hydrogen-bond donors (Lipinski definition) is 1. The van der Waals surface area contributed by atoms with Crippen molar-refractivity contribution in [3.8, 4) is 11.5 Å². The van der Waals surface area contributed by atoms with Gasteiger partial charge in [-0.25, -0.2) is 4.79 Å². The molecule has 0 fully saturated rings. The van der Waals surface area contributed by atoms with Crippen LogP contribution in [-0.4, -0.2) is 49.9 Å². The van der Waals surface area contributed by atoms with E-state index in [0.717, 1.165) is 0 Å². The summed E-state index contributed by atoms with van der Waals surface area (Å²) in [6.45, 7) is 8.57. The standard InChI is InChI=1S/C24H35NO9/c1-7-11-31-23(29)32-12-10-24(25,22(28)30-6)14-17-8-9-18(33-20(26)15(2)3)19(13-17)34-21(27)16(4)5/h8-9,13,15-16H,7,10-12,14,25H2,1-6H3/t24-/m1/s1. The van der Waals surface area contributed by atoms with E-state index >= 15 is 0 Å². The molecule has 0 aliphatic carbocycles. The van der Waals surface area contributed by atoms with Gasteiger partial charge in [-0.1, -0.05) is 40.7 Å². The molecule has 0 radical (unpaired) electrons. The highest BCUT2D eigenvalue weighted by molar-refractivity contribution is 5.81. The predicted molar refractivity (Wildman–Crippen MR) is 122 cm³/mol. The monoisotopic (exact) mass is 481 g/mol. The minimum absolute atomic E-state index is 0.0248. The predicted octanol–water partition coefficient (Wildman–Crippen LogP) is 3.18. The fourth-order valence-corrected chi connectivity index (χ4v) is 2.65. The van der Waals surface area contributed by atoms with Crippen molar-refractivity contribution in [1.29, 1.82) is 0 Å². The van der Waals surface area contributed by atoms with Gasteiger partial charge >= 0.3 is 24.1 Å². The zero-order valence-electron chi connectivity index (χ0n) is 20.7. The van der Waals surface area contributed by atoms with Gasteiger partial charge in [0.25, 0.3) is 0 Å². The third kappa shape index (κ3) is 9.01. The molecule has 10 nitrogen and oxygen atoms in total. The summed E-state index contributed by atoms with van der Waals surface area (Å²) in [6.07, 6.45) is -0.290. The number of rotatable bonds is 12. The molecule has 0 amide bonds. The van der Waals surface area contributed by atoms with Crippen LogP contribution in [0.25, 0.3) is 0 Å². The van der Waals surface area contributed by atoms with Crippen LogP contribution >= 0.6 is 0 Å². The molecule has 1 aromatic carbocycles. The maximum Gasteiger partial charge on any atom is 0.508 e. The minimum Gasteiger partial charge on any atom is -0.468 e. The average molecular weight is 482 g/mol. The fraction of sp³-hybridized carbons (Fsp3) is 0.583. The first-order valence-corrected chi connectivity index (χ1v) is 11.2. The van der Waals surface area contributed by atoms with Gasteiger partial charge in [0.15, 0.2) is 11.5 Å². The first kappa shape index (κ1) is 28.9. The molecule has 0 heterocycles. The molecule has 1 rings (SSSR count). The Balaban J connectivity index is 3.13. The van der Waals surface area contributed by atoms with Crippen LogP contribution in [0.4, 0.5) is 4.79 Å². The first-order chi connectivity index (χ1) is 15.9. The normalized spacial score (nSPS) is 12.6. The van der Waals surface area contributed by atoms with Crippen LogP contribution in [0.2, 0.25) is 0 Å². The SMILES string of the molecule is CCCOC(=O)OCC[C@@](N)(Cc1ccc(OC(=O)C(C)C)c(OC(=O)C(C)C)c1)C(=O)OC. The highest BCUT2D eigenvalue weighted by Crippen LogP contribution is 2.31. The number of methoxy groups -OCH3 is 1. The minimum atomic E-state index is -1.55. The van der Waals surface area contributed by atoms with E-state index in [9.17, 15) is 19.2 Å². The van der Waals surface area contributed by atoms with Gasteiger partial charge in [0.05, 0.1) is 32.2 Å². The van der Waals surface area contributed by atoms with E-state index in [1.54, 1.807) is 33.8 Å². The quantitative estimate of drug-likeness (QED) is 0.349. The fourth-order valence-electron chi connectivity index (χ4n) is 2.65. The van der Waals surface area contributed by atoms with Crippen LogP contribution < -0.4 is 15.2 Å². The summed E-state index contributed by atoms with van der Waals surface area (Å²) >= 11 is 0. The number of carbonyl (C=O) groups is 4. The van der Waals surface area contributed by atoms with Crippen molar-refractivity contribution in [1.82, 2.24) is 0 Å². The molecule has 10 heteroatoms. The van der Waals surface area contributed by atoms with Crippen molar-refractivity contribution < 1.29 is 42.9 Å². The molecule has 0 aliphatic heterocycles. The number of esters is 3. The second-order valence-corrected chi connectivity index (χ2v) is 8.45. The lowest BCUT2D eigenvalue weighted by Gasteiger charge is -2.26. The first-order valence-electron chi connectivity index (χ1n) is 11.2. The summed E-state index contributed by atoms with van der Waals surface area (Å²) in [4.78, 5) is 48.3. The van der Waals surface area contributed by atoms with E-state index in [4.69, 9.17) is 29.4 Å². The van der Waals surface area contributed by atoms with Gasteiger partial charge in [-0.2, -0.15) is 0 Å². The summed E-state index contributed by atoms with van der Waals surface area (Å²) in [6, 6.07) is 4.54. The molecule has 190 valence electrons. The van der Waals surface area contributed by atoms with Crippen LogP contribution in [-0.2, 0) is 35.0 Å². The number of hydrogen-bond acceptors (Lipinski definition) is 10. The van der Waals surface area contributed by atoms with Crippen molar-refractivity contribution in [2.45, 2.75) is 59.4 Å². The molecule has 2 N–H and O–H groups in total. The summed E-state index contributed by atoms with van der Waals surface area (Å²) < 4.78 is 25.4. The maximum absolute atomic E-state index is 12.5. The van der Waals surface area contributed by atoms with Gasteiger partial charge in [0.2, 0.25) is 0 Å². The smallest absolute Gasteiger partial charge is 0.468 e. The Morgan fingerprint density at radius 1 is 0.912 bits per heavy atom. The van der Waals surface area contributed by atoms with Crippen LogP contribution in [0.3, 0.4) is 0 Å². The van der Waals surface area contributed by atoms with Crippen LogP contribution in [0.1, 0.15) is 53.0 Å². The molecule has 0 unspecified atom stereocenters. The van der Waals surface area contributed by atoms with Crippen LogP contribution in [0.15, 0.2) is 18.2 Å². The molecular weight excluding hydrogens is 446 g/mol. The molecule has 0 spiro atoms. The van der Waals surface area contributed by atoms with Crippen molar-refractivity contribution in [2.75, 3.05) is 20.3 Å². The van der Waals surface area contributed by atoms with Crippen molar-refractivity contribution >= 4 is 24.1 Å². The van der Waals surface area contributed by atoms with Crippen molar-refractivity contribution in [3.63, 3.8) is 0 Å². The molecular formula is C24H35NO9. The molecule has 0 bridgehead atoms. The van der Waals surface area contributed by atoms with E-state index < -0.39 is 41.4 Å². The molecule has 0 saturated heterocycles. The molecule has 1 atom stereocenters. The maximum atomic E-state index is 12.5. The number of nitrogens with two attached hydrogens (primary N) is 1. The van der Waals surface area contributed by atoms with E-state index in [2.05, 4.69) is 0 Å². The third-order valence-corrected chi connectivity index (χ3v) is 4.68. The lowest BCUT2D eigenvalue weighted by atomic mass is 9.88. The Morgan fingerprint density at radius 3 is 2.00 bits per heavy atom. The zero-order valence-corrected chi connectivity index (χ0v) is 20.7. The Bertz CT molecular complexity index is 866. The molecule has 0 saturated carbocycles. The summed E-state index contributed by atoms with van der Waals surface area (Å²) in [7, 11) is 1.20. The molecule has 0 aliphatic rings. The Hall–Kier alpha value is -3.14. The highest BCUT2D eigenvalue weighted by Gasteiger charge is 2.36. The lowest BCUT2D eigenvalue weighted by molar-refractivity contribution is -0.148. The second kappa shape index (κ2) is 13.5. The molecule has 34 heavy (non-hydrogen) atoms. The van der Waals surface area contributed by atoms with Crippen LogP contribution in [0, 0.1) is 11.8 Å². The highest BCUT2D eigenvalue weighted by atomic mass is 16.7. The Morgan fingerprint density at radius 2 is 1.47 bits per heavy atom. The topological polar surface area (TPSA) is 140 Å². The lowest BCUT2D eigenvalue weighted by Crippen LogP contribution is -2.51. The van der Waals surface area contributed by atoms with Gasteiger partial charge in [-0.15, -0.1) is 0 Å². The van der Waals surface area contributed by atoms with E-state index in [-0.39, 0.29) is 37.6 Å². The van der Waals surface area contributed by atoms with Crippen molar-refractivity contribution in [2.24, 2.45) is 17.6 Å². The summed E-state index contributed by atoms with van der Waals surface area (Å²) in [5.74, 6) is -2.46. The Kier molecular flexibility index (Phi) is 11.5. The largest absolute Gasteiger partial charge is 0.508 e. The number of carbonyl (C=O) groups excluding carboxylic acids is 4. The zero-order chi connectivity index (χ0) is 25.9. The summed E-state index contributed by atoms with van der Waals surface area (Å²) in [5, 5.41) is 0. The molecule has 1 aromatic rings. The van der Waals surface area contributed by atoms with Gasteiger partial charge in [0, 0.05) is 12.8 Å².